The Balaban J connectivity index is 2.04. The number of carbonyl (C=O) groups is 2. The lowest BCUT2D eigenvalue weighted by Gasteiger charge is -2.22. The fourth-order valence-electron chi connectivity index (χ4n) is 2.15. The summed E-state index contributed by atoms with van der Waals surface area (Å²) >= 11 is 0. The third-order valence-electron chi connectivity index (χ3n) is 3.40. The average molecular weight is 329 g/mol. The number of benzene rings is 2. The molecule has 1 amide bonds. The summed E-state index contributed by atoms with van der Waals surface area (Å²) in [5, 5.41) is 12.6. The number of carbonyl (C=O) groups excluding carboxylic acids is 2. The van der Waals surface area contributed by atoms with Gasteiger partial charge >= 0.3 is 12.1 Å². The van der Waals surface area contributed by atoms with Gasteiger partial charge < -0.3 is 19.9 Å². The zero-order chi connectivity index (χ0) is 17.4. The van der Waals surface area contributed by atoms with E-state index in [4.69, 9.17) is 4.74 Å². The molecule has 0 saturated carbocycles. The number of aliphatic hydroxyl groups excluding tert-OH is 1. The fraction of sp³-hybridized carbons (Fsp3) is 0.222. The van der Waals surface area contributed by atoms with E-state index in [9.17, 15) is 14.7 Å². The van der Waals surface area contributed by atoms with E-state index in [0.717, 1.165) is 5.56 Å². The topological polar surface area (TPSA) is 84.9 Å². The van der Waals surface area contributed by atoms with Crippen molar-refractivity contribution in [3.05, 3.63) is 71.8 Å². The van der Waals surface area contributed by atoms with E-state index in [-0.39, 0.29) is 6.61 Å². The zero-order valence-electron chi connectivity index (χ0n) is 13.2. The maximum Gasteiger partial charge on any atom is 0.408 e. The van der Waals surface area contributed by atoms with Gasteiger partial charge in [0.15, 0.2) is 6.10 Å². The summed E-state index contributed by atoms with van der Waals surface area (Å²) in [6, 6.07) is 16.9. The van der Waals surface area contributed by atoms with Gasteiger partial charge in [-0.15, -0.1) is 0 Å². The van der Waals surface area contributed by atoms with Gasteiger partial charge in [0, 0.05) is 0 Å². The van der Waals surface area contributed by atoms with Crippen LogP contribution in [0.1, 0.15) is 17.2 Å². The highest BCUT2D eigenvalue weighted by molar-refractivity contribution is 5.77. The largest absolute Gasteiger partial charge is 0.467 e. The number of amides is 1. The predicted molar refractivity (Wildman–Crippen MR) is 87.0 cm³/mol. The Labute approximate surface area is 140 Å². The van der Waals surface area contributed by atoms with Crippen molar-refractivity contribution in [3.8, 4) is 0 Å². The minimum absolute atomic E-state index is 0.0858. The first-order valence-corrected chi connectivity index (χ1v) is 7.40. The first-order valence-electron chi connectivity index (χ1n) is 7.40. The van der Waals surface area contributed by atoms with Crippen molar-refractivity contribution in [1.82, 2.24) is 5.32 Å². The van der Waals surface area contributed by atoms with E-state index in [1.54, 1.807) is 30.3 Å². The third-order valence-corrected chi connectivity index (χ3v) is 3.40. The number of rotatable bonds is 6. The monoisotopic (exact) mass is 329 g/mol. The van der Waals surface area contributed by atoms with Crippen LogP contribution in [0.15, 0.2) is 60.7 Å². The molecule has 2 aromatic carbocycles. The molecular weight excluding hydrogens is 310 g/mol. The number of hydrogen-bond acceptors (Lipinski definition) is 5. The van der Waals surface area contributed by atoms with Gasteiger partial charge in [0.2, 0.25) is 0 Å². The van der Waals surface area contributed by atoms with Crippen molar-refractivity contribution in [2.45, 2.75) is 18.8 Å². The molecule has 0 spiro atoms. The molecule has 2 aromatic rings. The van der Waals surface area contributed by atoms with E-state index < -0.39 is 24.2 Å². The Hall–Kier alpha value is -2.86. The fourth-order valence-corrected chi connectivity index (χ4v) is 2.15. The molecular formula is C18H19NO5. The minimum atomic E-state index is -1.54. The number of aliphatic hydroxyl groups is 1. The molecule has 126 valence electrons. The van der Waals surface area contributed by atoms with Crippen LogP contribution >= 0.6 is 0 Å². The van der Waals surface area contributed by atoms with E-state index in [2.05, 4.69) is 10.1 Å². The number of nitrogens with one attached hydrogen (secondary N) is 1. The van der Waals surface area contributed by atoms with Crippen LogP contribution < -0.4 is 5.32 Å². The van der Waals surface area contributed by atoms with Crippen LogP contribution in [0.5, 0.6) is 0 Å². The van der Waals surface area contributed by atoms with Gasteiger partial charge in [-0.2, -0.15) is 0 Å². The Morgan fingerprint density at radius 1 is 1.04 bits per heavy atom. The molecule has 0 aromatic heterocycles. The second-order valence-electron chi connectivity index (χ2n) is 5.06. The van der Waals surface area contributed by atoms with Gasteiger partial charge in [-0.05, 0) is 11.1 Å². The lowest BCUT2D eigenvalue weighted by Crippen LogP contribution is -2.41. The molecule has 0 saturated heterocycles. The Kier molecular flexibility index (Phi) is 6.33. The Morgan fingerprint density at radius 3 is 2.21 bits per heavy atom. The lowest BCUT2D eigenvalue weighted by atomic mass is 10.0. The highest BCUT2D eigenvalue weighted by Crippen LogP contribution is 2.18. The number of alkyl carbamates (subject to hydrolysis) is 1. The summed E-state index contributed by atoms with van der Waals surface area (Å²) in [5.41, 5.74) is 1.39. The van der Waals surface area contributed by atoms with Crippen LogP contribution in [0.3, 0.4) is 0 Å². The van der Waals surface area contributed by atoms with E-state index in [0.29, 0.717) is 5.56 Å². The summed E-state index contributed by atoms with van der Waals surface area (Å²) in [6.45, 7) is 0.0858. The quantitative estimate of drug-likeness (QED) is 0.794. The summed E-state index contributed by atoms with van der Waals surface area (Å²) in [7, 11) is 1.17. The Bertz CT molecular complexity index is 660. The molecule has 0 heterocycles. The highest BCUT2D eigenvalue weighted by atomic mass is 16.6. The first-order chi connectivity index (χ1) is 11.6. The molecule has 24 heavy (non-hydrogen) atoms. The number of hydrogen-bond donors (Lipinski definition) is 2. The summed E-state index contributed by atoms with van der Waals surface area (Å²) in [6.07, 6.45) is -2.28. The summed E-state index contributed by atoms with van der Waals surface area (Å²) in [4.78, 5) is 23.6. The molecule has 0 unspecified atom stereocenters. The van der Waals surface area contributed by atoms with Gasteiger partial charge in [0.05, 0.1) is 13.2 Å². The SMILES string of the molecule is COC(=O)[C@@H](O)[C@H](NC(=O)OCc1ccccc1)c1ccccc1. The number of methoxy groups -OCH3 is 1. The number of ether oxygens (including phenoxy) is 2. The van der Waals surface area contributed by atoms with Gasteiger partial charge in [-0.1, -0.05) is 60.7 Å². The maximum absolute atomic E-state index is 12.0. The standard InChI is InChI=1S/C18H19NO5/c1-23-17(21)16(20)15(14-10-6-3-7-11-14)19-18(22)24-12-13-8-4-2-5-9-13/h2-11,15-16,20H,12H2,1H3,(H,19,22)/t15-,16+/m1/s1. The average Bonchev–Trinajstić information content (AvgIpc) is 2.64. The first kappa shape index (κ1) is 17.5. The molecule has 0 aliphatic rings. The summed E-state index contributed by atoms with van der Waals surface area (Å²) in [5.74, 6) is -0.841. The molecule has 0 radical (unpaired) electrons. The van der Waals surface area contributed by atoms with Crippen LogP contribution in [0, 0.1) is 0 Å². The van der Waals surface area contributed by atoms with Gasteiger partial charge in [-0.3, -0.25) is 0 Å². The second kappa shape index (κ2) is 8.69. The van der Waals surface area contributed by atoms with Crippen molar-refractivity contribution in [2.75, 3.05) is 7.11 Å². The normalized spacial score (nSPS) is 12.8. The molecule has 0 aliphatic heterocycles. The molecule has 2 N–H and O–H groups in total. The van der Waals surface area contributed by atoms with E-state index in [1.807, 2.05) is 30.3 Å². The summed E-state index contributed by atoms with van der Waals surface area (Å²) < 4.78 is 9.67. The molecule has 0 fully saturated rings. The van der Waals surface area contributed by atoms with Crippen molar-refractivity contribution in [2.24, 2.45) is 0 Å². The molecule has 6 heteroatoms. The van der Waals surface area contributed by atoms with Crippen LogP contribution in [0.4, 0.5) is 4.79 Å². The zero-order valence-corrected chi connectivity index (χ0v) is 13.2. The van der Waals surface area contributed by atoms with Gasteiger partial charge in [-0.25, -0.2) is 9.59 Å². The predicted octanol–water partition coefficient (Wildman–Crippen LogP) is 2.19. The molecule has 0 bridgehead atoms. The van der Waals surface area contributed by atoms with Crippen LogP contribution in [-0.2, 0) is 20.9 Å². The van der Waals surface area contributed by atoms with Gasteiger partial charge in [0.1, 0.15) is 6.61 Å². The van der Waals surface area contributed by atoms with Crippen LogP contribution in [0.25, 0.3) is 0 Å². The van der Waals surface area contributed by atoms with E-state index in [1.165, 1.54) is 7.11 Å². The molecule has 0 aliphatic carbocycles. The van der Waals surface area contributed by atoms with Crippen molar-refractivity contribution in [1.29, 1.82) is 0 Å². The Morgan fingerprint density at radius 2 is 1.62 bits per heavy atom. The van der Waals surface area contributed by atoms with Crippen molar-refractivity contribution >= 4 is 12.1 Å². The van der Waals surface area contributed by atoms with Crippen molar-refractivity contribution in [3.63, 3.8) is 0 Å². The third kappa shape index (κ3) is 4.82. The van der Waals surface area contributed by atoms with E-state index >= 15 is 0 Å². The number of esters is 1. The second-order valence-corrected chi connectivity index (χ2v) is 5.06. The highest BCUT2D eigenvalue weighted by Gasteiger charge is 2.30. The maximum atomic E-state index is 12.0. The van der Waals surface area contributed by atoms with Gasteiger partial charge in [0.25, 0.3) is 0 Å². The van der Waals surface area contributed by atoms with Crippen molar-refractivity contribution < 1.29 is 24.2 Å². The molecule has 6 nitrogen and oxygen atoms in total. The molecule has 2 atom stereocenters. The molecule has 2 rings (SSSR count). The van der Waals surface area contributed by atoms with Crippen LogP contribution in [-0.4, -0.2) is 30.4 Å². The minimum Gasteiger partial charge on any atom is -0.467 e. The van der Waals surface area contributed by atoms with Crippen LogP contribution in [0.2, 0.25) is 0 Å². The lowest BCUT2D eigenvalue weighted by molar-refractivity contribution is -0.152. The smallest absolute Gasteiger partial charge is 0.408 e.